The highest BCUT2D eigenvalue weighted by molar-refractivity contribution is 6.03. The molecule has 0 saturated carbocycles. The fraction of sp³-hybridized carbons (Fsp3) is 0.200. The third-order valence-electron chi connectivity index (χ3n) is 4.33. The van der Waals surface area contributed by atoms with E-state index in [-0.39, 0.29) is 11.7 Å². The van der Waals surface area contributed by atoms with E-state index >= 15 is 0 Å². The predicted molar refractivity (Wildman–Crippen MR) is 98.9 cm³/mol. The van der Waals surface area contributed by atoms with Crippen LogP contribution in [0.15, 0.2) is 42.5 Å². The van der Waals surface area contributed by atoms with Crippen LogP contribution >= 0.6 is 0 Å². The number of aryl methyl sites for hydroxylation is 3. The molecule has 3 N–H and O–H groups in total. The van der Waals surface area contributed by atoms with Gasteiger partial charge in [-0.25, -0.2) is 0 Å². The van der Waals surface area contributed by atoms with Crippen LogP contribution < -0.4 is 5.32 Å². The van der Waals surface area contributed by atoms with Crippen LogP contribution in [0.1, 0.15) is 34.1 Å². The Morgan fingerprint density at radius 1 is 1.12 bits per heavy atom. The molecule has 0 aliphatic rings. The molecule has 0 spiro atoms. The van der Waals surface area contributed by atoms with Gasteiger partial charge in [0.2, 0.25) is 0 Å². The molecule has 0 atom stereocenters. The summed E-state index contributed by atoms with van der Waals surface area (Å²) in [5.41, 5.74) is 5.48. The van der Waals surface area contributed by atoms with Crippen molar-refractivity contribution in [2.75, 3.05) is 5.32 Å². The third-order valence-corrected chi connectivity index (χ3v) is 4.33. The van der Waals surface area contributed by atoms with Crippen LogP contribution in [-0.2, 0) is 6.42 Å². The number of carbonyl (C=O) groups excluding carboxylic acids is 1. The van der Waals surface area contributed by atoms with E-state index in [4.69, 9.17) is 0 Å². The number of hydrogen-bond acceptors (Lipinski definition) is 3. The molecule has 0 unspecified atom stereocenters. The van der Waals surface area contributed by atoms with Crippen LogP contribution in [0.2, 0.25) is 0 Å². The van der Waals surface area contributed by atoms with Crippen molar-refractivity contribution < 1.29 is 9.90 Å². The Hall–Kier alpha value is -3.08. The lowest BCUT2D eigenvalue weighted by Crippen LogP contribution is -2.12. The minimum Gasteiger partial charge on any atom is -0.507 e. The van der Waals surface area contributed by atoms with E-state index in [1.807, 2.05) is 44.2 Å². The number of rotatable bonds is 4. The maximum absolute atomic E-state index is 12.4. The Kier molecular flexibility index (Phi) is 4.57. The average Bonchev–Trinajstić information content (AvgIpc) is 3.09. The number of aromatic hydroxyl groups is 1. The van der Waals surface area contributed by atoms with Gasteiger partial charge in [0.05, 0.1) is 5.69 Å². The van der Waals surface area contributed by atoms with E-state index in [0.29, 0.717) is 17.0 Å². The summed E-state index contributed by atoms with van der Waals surface area (Å²) in [6.07, 6.45) is 0.956. The van der Waals surface area contributed by atoms with Gasteiger partial charge in [-0.2, -0.15) is 5.10 Å². The molecule has 0 bridgehead atoms. The number of carbonyl (C=O) groups is 1. The van der Waals surface area contributed by atoms with Crippen molar-refractivity contribution in [3.8, 4) is 17.0 Å². The zero-order valence-corrected chi connectivity index (χ0v) is 14.6. The summed E-state index contributed by atoms with van der Waals surface area (Å²) in [5.74, 6) is -0.122. The SMILES string of the molecule is CCc1ccc(NC(=O)c2cc(-c3cc(C)c(C)cc3O)n[nH]2)cc1. The molecule has 1 heterocycles. The number of aromatic nitrogens is 2. The van der Waals surface area contributed by atoms with Crippen LogP contribution in [-0.4, -0.2) is 21.2 Å². The first kappa shape index (κ1) is 16.8. The highest BCUT2D eigenvalue weighted by Crippen LogP contribution is 2.30. The van der Waals surface area contributed by atoms with Crippen LogP contribution in [0.3, 0.4) is 0 Å². The van der Waals surface area contributed by atoms with E-state index in [1.54, 1.807) is 12.1 Å². The number of H-pyrrole nitrogens is 1. The zero-order chi connectivity index (χ0) is 18.0. The lowest BCUT2D eigenvalue weighted by Gasteiger charge is -2.06. The Balaban J connectivity index is 1.80. The van der Waals surface area contributed by atoms with E-state index in [0.717, 1.165) is 23.2 Å². The van der Waals surface area contributed by atoms with Gasteiger partial charge in [-0.1, -0.05) is 19.1 Å². The minimum atomic E-state index is -0.272. The summed E-state index contributed by atoms with van der Waals surface area (Å²) in [7, 11) is 0. The molecule has 3 rings (SSSR count). The molecule has 0 aliphatic heterocycles. The Morgan fingerprint density at radius 3 is 2.48 bits per heavy atom. The minimum absolute atomic E-state index is 0.150. The summed E-state index contributed by atoms with van der Waals surface area (Å²) in [6, 6.07) is 12.9. The number of hydrogen-bond donors (Lipinski definition) is 3. The van der Waals surface area contributed by atoms with Gasteiger partial charge in [-0.15, -0.1) is 0 Å². The van der Waals surface area contributed by atoms with Crippen molar-refractivity contribution in [2.24, 2.45) is 0 Å². The highest BCUT2D eigenvalue weighted by Gasteiger charge is 2.14. The molecule has 0 aliphatic carbocycles. The van der Waals surface area contributed by atoms with Gasteiger partial charge in [0.25, 0.3) is 5.91 Å². The quantitative estimate of drug-likeness (QED) is 0.668. The first-order valence-corrected chi connectivity index (χ1v) is 8.24. The standard InChI is InChI=1S/C20H21N3O2/c1-4-14-5-7-15(8-6-14)21-20(25)18-11-17(22-23-18)16-9-12(2)13(3)10-19(16)24/h5-11,24H,4H2,1-3H3,(H,21,25)(H,22,23). The van der Waals surface area contributed by atoms with Crippen molar-refractivity contribution in [1.29, 1.82) is 0 Å². The predicted octanol–water partition coefficient (Wildman–Crippen LogP) is 4.21. The van der Waals surface area contributed by atoms with Crippen LogP contribution in [0.5, 0.6) is 5.75 Å². The number of nitrogens with one attached hydrogen (secondary N) is 2. The second kappa shape index (κ2) is 6.81. The van der Waals surface area contributed by atoms with Crippen molar-refractivity contribution in [2.45, 2.75) is 27.2 Å². The first-order chi connectivity index (χ1) is 12.0. The van der Waals surface area contributed by atoms with E-state index in [1.165, 1.54) is 5.56 Å². The summed E-state index contributed by atoms with van der Waals surface area (Å²) in [4.78, 5) is 12.4. The molecule has 25 heavy (non-hydrogen) atoms. The van der Waals surface area contributed by atoms with Gasteiger partial charge >= 0.3 is 0 Å². The molecular weight excluding hydrogens is 314 g/mol. The zero-order valence-electron chi connectivity index (χ0n) is 14.6. The maximum Gasteiger partial charge on any atom is 0.273 e. The Morgan fingerprint density at radius 2 is 1.80 bits per heavy atom. The molecule has 1 amide bonds. The van der Waals surface area contributed by atoms with Crippen LogP contribution in [0.25, 0.3) is 11.3 Å². The Labute approximate surface area is 146 Å². The monoisotopic (exact) mass is 335 g/mol. The molecule has 128 valence electrons. The number of amides is 1. The third kappa shape index (κ3) is 3.55. The summed E-state index contributed by atoms with van der Waals surface area (Å²) < 4.78 is 0. The first-order valence-electron chi connectivity index (χ1n) is 8.24. The molecule has 0 fully saturated rings. The molecule has 0 saturated heterocycles. The summed E-state index contributed by atoms with van der Waals surface area (Å²) >= 11 is 0. The molecule has 2 aromatic carbocycles. The second-order valence-electron chi connectivity index (χ2n) is 6.13. The van der Waals surface area contributed by atoms with Gasteiger partial charge in [0, 0.05) is 11.3 Å². The van der Waals surface area contributed by atoms with Crippen molar-refractivity contribution in [3.63, 3.8) is 0 Å². The van der Waals surface area contributed by atoms with Gasteiger partial charge in [0.15, 0.2) is 0 Å². The molecule has 5 heteroatoms. The number of anilines is 1. The number of aromatic amines is 1. The van der Waals surface area contributed by atoms with Crippen LogP contribution in [0, 0.1) is 13.8 Å². The summed E-state index contributed by atoms with van der Waals surface area (Å²) in [6.45, 7) is 5.99. The fourth-order valence-electron chi connectivity index (χ4n) is 2.60. The largest absolute Gasteiger partial charge is 0.507 e. The molecule has 0 radical (unpaired) electrons. The average molecular weight is 335 g/mol. The molecule has 5 nitrogen and oxygen atoms in total. The molecule has 3 aromatic rings. The van der Waals surface area contributed by atoms with Crippen molar-refractivity contribution in [1.82, 2.24) is 10.2 Å². The topological polar surface area (TPSA) is 78.0 Å². The molecule has 1 aromatic heterocycles. The van der Waals surface area contributed by atoms with E-state index in [2.05, 4.69) is 22.4 Å². The Bertz CT molecular complexity index is 911. The normalized spacial score (nSPS) is 10.7. The fourth-order valence-corrected chi connectivity index (χ4v) is 2.60. The maximum atomic E-state index is 12.4. The number of nitrogens with zero attached hydrogens (tertiary/aromatic N) is 1. The smallest absolute Gasteiger partial charge is 0.273 e. The van der Waals surface area contributed by atoms with Crippen molar-refractivity contribution in [3.05, 3.63) is 64.8 Å². The number of phenolic OH excluding ortho intramolecular Hbond substituents is 1. The van der Waals surface area contributed by atoms with Crippen LogP contribution in [0.4, 0.5) is 5.69 Å². The van der Waals surface area contributed by atoms with E-state index < -0.39 is 0 Å². The van der Waals surface area contributed by atoms with E-state index in [9.17, 15) is 9.90 Å². The second-order valence-corrected chi connectivity index (χ2v) is 6.13. The van der Waals surface area contributed by atoms with Gasteiger partial charge < -0.3 is 10.4 Å². The summed E-state index contributed by atoms with van der Waals surface area (Å²) in [5, 5.41) is 19.9. The van der Waals surface area contributed by atoms with Crippen molar-refractivity contribution >= 4 is 11.6 Å². The highest BCUT2D eigenvalue weighted by atomic mass is 16.3. The lowest BCUT2D eigenvalue weighted by molar-refractivity contribution is 0.102. The lowest BCUT2D eigenvalue weighted by atomic mass is 10.0. The van der Waals surface area contributed by atoms with Gasteiger partial charge in [-0.3, -0.25) is 9.89 Å². The number of benzene rings is 2. The molecular formula is C20H21N3O2. The van der Waals surface area contributed by atoms with Gasteiger partial charge in [0.1, 0.15) is 11.4 Å². The van der Waals surface area contributed by atoms with Gasteiger partial charge in [-0.05, 0) is 67.3 Å². The number of phenols is 1.